The molecule has 4 nitrogen and oxygen atoms in total. The molecule has 2 aromatic carbocycles. The SMILES string of the molecule is Cc1ccc(OCC(=O)Nc2ccc(Cl)cc2)c(CO)c1. The number of benzene rings is 2. The largest absolute Gasteiger partial charge is 0.483 e. The Morgan fingerprint density at radius 2 is 1.95 bits per heavy atom. The van der Waals surface area contributed by atoms with E-state index in [1.807, 2.05) is 19.1 Å². The lowest BCUT2D eigenvalue weighted by Gasteiger charge is -2.11. The average molecular weight is 306 g/mol. The van der Waals surface area contributed by atoms with Crippen LogP contribution in [0.4, 0.5) is 5.69 Å². The normalized spacial score (nSPS) is 10.2. The van der Waals surface area contributed by atoms with Crippen molar-refractivity contribution in [2.75, 3.05) is 11.9 Å². The van der Waals surface area contributed by atoms with Gasteiger partial charge in [-0.1, -0.05) is 29.3 Å². The van der Waals surface area contributed by atoms with Crippen LogP contribution in [0.25, 0.3) is 0 Å². The Balaban J connectivity index is 1.93. The molecule has 0 aliphatic heterocycles. The second-order valence-corrected chi connectivity index (χ2v) is 5.05. The minimum absolute atomic E-state index is 0.126. The van der Waals surface area contributed by atoms with E-state index in [4.69, 9.17) is 16.3 Å². The van der Waals surface area contributed by atoms with Crippen molar-refractivity contribution in [2.24, 2.45) is 0 Å². The zero-order valence-corrected chi connectivity index (χ0v) is 12.4. The van der Waals surface area contributed by atoms with Crippen LogP contribution < -0.4 is 10.1 Å². The van der Waals surface area contributed by atoms with Crippen molar-refractivity contribution < 1.29 is 14.6 Å². The highest BCUT2D eigenvalue weighted by atomic mass is 35.5. The molecule has 0 heterocycles. The van der Waals surface area contributed by atoms with Crippen molar-refractivity contribution in [1.29, 1.82) is 0 Å². The standard InChI is InChI=1S/C16H16ClNO3/c1-11-2-7-15(12(8-11)9-19)21-10-16(20)18-14-5-3-13(17)4-6-14/h2-8,19H,9-10H2,1H3,(H,18,20). The fourth-order valence-corrected chi connectivity index (χ4v) is 1.97. The van der Waals surface area contributed by atoms with E-state index < -0.39 is 0 Å². The lowest BCUT2D eigenvalue weighted by atomic mass is 10.1. The predicted octanol–water partition coefficient (Wildman–Crippen LogP) is 3.16. The molecular formula is C16H16ClNO3. The number of hydrogen-bond acceptors (Lipinski definition) is 3. The molecule has 0 radical (unpaired) electrons. The molecule has 0 aliphatic rings. The first-order valence-electron chi connectivity index (χ1n) is 6.47. The van der Waals surface area contributed by atoms with Gasteiger partial charge in [0, 0.05) is 16.3 Å². The third-order valence-electron chi connectivity index (χ3n) is 2.87. The van der Waals surface area contributed by atoms with Gasteiger partial charge in [0.1, 0.15) is 5.75 Å². The summed E-state index contributed by atoms with van der Waals surface area (Å²) >= 11 is 5.77. The Morgan fingerprint density at radius 3 is 2.62 bits per heavy atom. The van der Waals surface area contributed by atoms with Crippen molar-refractivity contribution in [1.82, 2.24) is 0 Å². The lowest BCUT2D eigenvalue weighted by molar-refractivity contribution is -0.118. The van der Waals surface area contributed by atoms with Gasteiger partial charge in [0.25, 0.3) is 5.91 Å². The highest BCUT2D eigenvalue weighted by Crippen LogP contribution is 2.20. The third kappa shape index (κ3) is 4.48. The van der Waals surface area contributed by atoms with Gasteiger partial charge in [-0.3, -0.25) is 4.79 Å². The molecule has 2 aromatic rings. The molecule has 0 atom stereocenters. The minimum atomic E-state index is -0.276. The van der Waals surface area contributed by atoms with E-state index in [2.05, 4.69) is 5.32 Å². The highest BCUT2D eigenvalue weighted by Gasteiger charge is 2.07. The quantitative estimate of drug-likeness (QED) is 0.892. The van der Waals surface area contributed by atoms with E-state index in [0.29, 0.717) is 22.0 Å². The molecule has 110 valence electrons. The lowest BCUT2D eigenvalue weighted by Crippen LogP contribution is -2.20. The van der Waals surface area contributed by atoms with Gasteiger partial charge >= 0.3 is 0 Å². The fourth-order valence-electron chi connectivity index (χ4n) is 1.85. The third-order valence-corrected chi connectivity index (χ3v) is 3.13. The maximum Gasteiger partial charge on any atom is 0.262 e. The molecular weight excluding hydrogens is 290 g/mol. The Morgan fingerprint density at radius 1 is 1.24 bits per heavy atom. The number of aliphatic hydroxyl groups excluding tert-OH is 1. The molecule has 0 unspecified atom stereocenters. The van der Waals surface area contributed by atoms with E-state index >= 15 is 0 Å². The minimum Gasteiger partial charge on any atom is -0.483 e. The van der Waals surface area contributed by atoms with Crippen molar-refractivity contribution >= 4 is 23.2 Å². The number of anilines is 1. The first-order valence-corrected chi connectivity index (χ1v) is 6.85. The van der Waals surface area contributed by atoms with Crippen molar-refractivity contribution in [3.05, 3.63) is 58.6 Å². The molecule has 0 bridgehead atoms. The van der Waals surface area contributed by atoms with Gasteiger partial charge in [-0.25, -0.2) is 0 Å². The number of ether oxygens (including phenoxy) is 1. The summed E-state index contributed by atoms with van der Waals surface area (Å²) < 4.78 is 5.44. The molecule has 2 N–H and O–H groups in total. The topological polar surface area (TPSA) is 58.6 Å². The summed E-state index contributed by atoms with van der Waals surface area (Å²) in [5, 5.41) is 12.6. The molecule has 0 aliphatic carbocycles. The van der Waals surface area contributed by atoms with Gasteiger partial charge in [-0.05, 0) is 37.3 Å². The number of carbonyl (C=O) groups excluding carboxylic acids is 1. The second-order valence-electron chi connectivity index (χ2n) is 4.61. The van der Waals surface area contributed by atoms with Gasteiger partial charge in [0.15, 0.2) is 6.61 Å². The molecule has 0 saturated carbocycles. The van der Waals surface area contributed by atoms with Crippen LogP contribution in [0.5, 0.6) is 5.75 Å². The van der Waals surface area contributed by atoms with Crippen LogP contribution in [-0.4, -0.2) is 17.6 Å². The summed E-state index contributed by atoms with van der Waals surface area (Å²) in [6, 6.07) is 12.3. The number of carbonyl (C=O) groups is 1. The Labute approximate surface area is 128 Å². The number of rotatable bonds is 5. The highest BCUT2D eigenvalue weighted by molar-refractivity contribution is 6.30. The maximum absolute atomic E-state index is 11.8. The fraction of sp³-hybridized carbons (Fsp3) is 0.188. The van der Waals surface area contributed by atoms with Crippen molar-refractivity contribution in [3.63, 3.8) is 0 Å². The summed E-state index contributed by atoms with van der Waals surface area (Å²) in [5.74, 6) is 0.233. The number of aliphatic hydroxyl groups is 1. The molecule has 0 saturated heterocycles. The number of aryl methyl sites for hydroxylation is 1. The zero-order chi connectivity index (χ0) is 15.2. The van der Waals surface area contributed by atoms with Crippen LogP contribution in [0.1, 0.15) is 11.1 Å². The monoisotopic (exact) mass is 305 g/mol. The predicted molar refractivity (Wildman–Crippen MR) is 82.7 cm³/mol. The van der Waals surface area contributed by atoms with Gasteiger partial charge in [-0.15, -0.1) is 0 Å². The summed E-state index contributed by atoms with van der Waals surface area (Å²) in [7, 11) is 0. The van der Waals surface area contributed by atoms with E-state index in [-0.39, 0.29) is 19.1 Å². The van der Waals surface area contributed by atoms with E-state index in [1.165, 1.54) is 0 Å². The molecule has 1 amide bonds. The molecule has 21 heavy (non-hydrogen) atoms. The Bertz CT molecular complexity index is 626. The van der Waals surface area contributed by atoms with E-state index in [9.17, 15) is 9.90 Å². The smallest absolute Gasteiger partial charge is 0.262 e. The zero-order valence-electron chi connectivity index (χ0n) is 11.6. The molecule has 0 aromatic heterocycles. The van der Waals surface area contributed by atoms with Gasteiger partial charge in [0.2, 0.25) is 0 Å². The van der Waals surface area contributed by atoms with Crippen LogP contribution >= 0.6 is 11.6 Å². The maximum atomic E-state index is 11.8. The average Bonchev–Trinajstić information content (AvgIpc) is 2.48. The second kappa shape index (κ2) is 7.11. The van der Waals surface area contributed by atoms with E-state index in [0.717, 1.165) is 5.56 Å². The van der Waals surface area contributed by atoms with Gasteiger partial charge in [-0.2, -0.15) is 0 Å². The van der Waals surface area contributed by atoms with E-state index in [1.54, 1.807) is 30.3 Å². The summed E-state index contributed by atoms with van der Waals surface area (Å²) in [5.41, 5.74) is 2.34. The number of amides is 1. The number of halogens is 1. The molecule has 5 heteroatoms. The summed E-state index contributed by atoms with van der Waals surface area (Å²) in [6.07, 6.45) is 0. The van der Waals surface area contributed by atoms with Crippen molar-refractivity contribution in [3.8, 4) is 5.75 Å². The van der Waals surface area contributed by atoms with Crippen LogP contribution in [0, 0.1) is 6.92 Å². The molecule has 0 spiro atoms. The van der Waals surface area contributed by atoms with Gasteiger partial charge < -0.3 is 15.2 Å². The number of hydrogen-bond donors (Lipinski definition) is 2. The molecule has 0 fully saturated rings. The van der Waals surface area contributed by atoms with Crippen molar-refractivity contribution in [2.45, 2.75) is 13.5 Å². The summed E-state index contributed by atoms with van der Waals surface area (Å²) in [4.78, 5) is 11.8. The van der Waals surface area contributed by atoms with Gasteiger partial charge in [0.05, 0.1) is 6.61 Å². The Hall–Kier alpha value is -2.04. The van der Waals surface area contributed by atoms with Crippen LogP contribution in [0.15, 0.2) is 42.5 Å². The van der Waals surface area contributed by atoms with Crippen LogP contribution in [0.3, 0.4) is 0 Å². The Kier molecular flexibility index (Phi) is 5.20. The summed E-state index contributed by atoms with van der Waals surface area (Å²) in [6.45, 7) is 1.67. The molecule has 2 rings (SSSR count). The van der Waals surface area contributed by atoms with Crippen LogP contribution in [0.2, 0.25) is 5.02 Å². The number of nitrogens with one attached hydrogen (secondary N) is 1. The first kappa shape index (κ1) is 15.4. The van der Waals surface area contributed by atoms with Crippen LogP contribution in [-0.2, 0) is 11.4 Å². The first-order chi connectivity index (χ1) is 10.1.